The third-order valence-corrected chi connectivity index (χ3v) is 5.14. The van der Waals surface area contributed by atoms with Crippen LogP contribution in [0.15, 0.2) is 72.4 Å². The molecule has 1 aromatic carbocycles. The molecule has 8 heteroatoms. The quantitative estimate of drug-likeness (QED) is 0.251. The number of hydrogen-bond acceptors (Lipinski definition) is 4. The molecule has 0 spiro atoms. The summed E-state index contributed by atoms with van der Waals surface area (Å²) in [5.74, 6) is 1.65. The lowest BCUT2D eigenvalue weighted by atomic mass is 10.1. The van der Waals surface area contributed by atoms with Gasteiger partial charge in [-0.1, -0.05) is 30.3 Å². The van der Waals surface area contributed by atoms with Crippen molar-refractivity contribution in [2.45, 2.75) is 32.5 Å². The number of halogens is 1. The lowest BCUT2D eigenvalue weighted by Crippen LogP contribution is -2.39. The summed E-state index contributed by atoms with van der Waals surface area (Å²) in [5.41, 5.74) is 2.47. The molecule has 3 rings (SSSR count). The third-order valence-electron chi connectivity index (χ3n) is 5.14. The van der Waals surface area contributed by atoms with Crippen LogP contribution in [0.5, 0.6) is 0 Å². The molecule has 0 aliphatic rings. The van der Waals surface area contributed by atoms with Gasteiger partial charge in [-0.2, -0.15) is 0 Å². The minimum atomic E-state index is 0. The summed E-state index contributed by atoms with van der Waals surface area (Å²) in [4.78, 5) is 15.2. The molecule has 2 heterocycles. The number of pyridine rings is 1. The second-order valence-corrected chi connectivity index (χ2v) is 7.38. The van der Waals surface area contributed by atoms with Crippen LogP contribution in [0.4, 0.5) is 0 Å². The van der Waals surface area contributed by atoms with Crippen LogP contribution in [-0.4, -0.2) is 52.1 Å². The standard InChI is InChI=1S/C23H31N7.HI/c1-19(29(3)17-20-7-5-4-6-8-20)9-11-27-23(24-2)28-16-21-10-12-26-22(15-21)30-14-13-25-18-30;/h4-8,10,12-15,18-19H,9,11,16-17H2,1-3H3,(H2,24,27,28);1H. The maximum absolute atomic E-state index is 4.39. The van der Waals surface area contributed by atoms with Crippen LogP contribution in [0.3, 0.4) is 0 Å². The summed E-state index contributed by atoms with van der Waals surface area (Å²) < 4.78 is 1.89. The molecule has 166 valence electrons. The Morgan fingerprint density at radius 2 is 1.94 bits per heavy atom. The summed E-state index contributed by atoms with van der Waals surface area (Å²) >= 11 is 0. The Morgan fingerprint density at radius 3 is 2.65 bits per heavy atom. The summed E-state index contributed by atoms with van der Waals surface area (Å²) in [6.45, 7) is 4.75. The first-order valence-electron chi connectivity index (χ1n) is 10.3. The number of benzene rings is 1. The maximum Gasteiger partial charge on any atom is 0.191 e. The normalized spacial score (nSPS) is 12.3. The van der Waals surface area contributed by atoms with Gasteiger partial charge in [0.25, 0.3) is 0 Å². The average Bonchev–Trinajstić information content (AvgIpc) is 3.32. The Balaban J connectivity index is 0.00000341. The smallest absolute Gasteiger partial charge is 0.191 e. The zero-order valence-corrected chi connectivity index (χ0v) is 20.7. The molecule has 1 unspecified atom stereocenters. The summed E-state index contributed by atoms with van der Waals surface area (Å²) in [5, 5.41) is 6.79. The van der Waals surface area contributed by atoms with E-state index in [-0.39, 0.29) is 24.0 Å². The van der Waals surface area contributed by atoms with E-state index < -0.39 is 0 Å². The second kappa shape index (κ2) is 13.1. The summed E-state index contributed by atoms with van der Waals surface area (Å²) in [6, 6.07) is 15.1. The lowest BCUT2D eigenvalue weighted by molar-refractivity contribution is 0.238. The molecular weight excluding hydrogens is 501 g/mol. The van der Waals surface area contributed by atoms with Crippen LogP contribution in [0.25, 0.3) is 5.82 Å². The molecule has 0 fully saturated rings. The first-order chi connectivity index (χ1) is 14.7. The number of imidazole rings is 1. The number of nitrogens with zero attached hydrogens (tertiary/aromatic N) is 5. The van der Waals surface area contributed by atoms with E-state index in [9.17, 15) is 0 Å². The maximum atomic E-state index is 4.39. The molecular formula is C23H32IN7. The van der Waals surface area contributed by atoms with Crippen molar-refractivity contribution < 1.29 is 0 Å². The van der Waals surface area contributed by atoms with Crippen molar-refractivity contribution in [3.63, 3.8) is 0 Å². The van der Waals surface area contributed by atoms with Crippen molar-refractivity contribution in [2.75, 3.05) is 20.6 Å². The van der Waals surface area contributed by atoms with Crippen LogP contribution in [0.1, 0.15) is 24.5 Å². The second-order valence-electron chi connectivity index (χ2n) is 7.38. The molecule has 0 radical (unpaired) electrons. The molecule has 0 saturated heterocycles. The van der Waals surface area contributed by atoms with Gasteiger partial charge < -0.3 is 10.6 Å². The van der Waals surface area contributed by atoms with Crippen LogP contribution in [0.2, 0.25) is 0 Å². The van der Waals surface area contributed by atoms with Crippen molar-refractivity contribution in [1.29, 1.82) is 0 Å². The number of nitrogens with one attached hydrogen (secondary N) is 2. The Hall–Kier alpha value is -2.46. The van der Waals surface area contributed by atoms with E-state index in [1.165, 1.54) is 5.56 Å². The molecule has 0 bridgehead atoms. The summed E-state index contributed by atoms with van der Waals surface area (Å²) in [7, 11) is 3.97. The Labute approximate surface area is 202 Å². The summed E-state index contributed by atoms with van der Waals surface area (Å²) in [6.07, 6.45) is 8.22. The van der Waals surface area contributed by atoms with Crippen molar-refractivity contribution in [1.82, 2.24) is 30.1 Å². The molecule has 0 amide bonds. The van der Waals surface area contributed by atoms with Gasteiger partial charge in [0.05, 0.1) is 0 Å². The van der Waals surface area contributed by atoms with Crippen molar-refractivity contribution in [3.8, 4) is 5.82 Å². The molecule has 2 N–H and O–H groups in total. The average molecular weight is 533 g/mol. The third kappa shape index (κ3) is 7.95. The van der Waals surface area contributed by atoms with E-state index in [4.69, 9.17) is 0 Å². The van der Waals surface area contributed by atoms with Gasteiger partial charge in [0.15, 0.2) is 5.96 Å². The minimum absolute atomic E-state index is 0. The van der Waals surface area contributed by atoms with Gasteiger partial charge >= 0.3 is 0 Å². The van der Waals surface area contributed by atoms with Crippen LogP contribution in [-0.2, 0) is 13.1 Å². The predicted octanol–water partition coefficient (Wildman–Crippen LogP) is 3.46. The van der Waals surface area contributed by atoms with Crippen LogP contribution >= 0.6 is 24.0 Å². The highest BCUT2D eigenvalue weighted by atomic mass is 127. The van der Waals surface area contributed by atoms with Gasteiger partial charge in [-0.25, -0.2) is 9.97 Å². The van der Waals surface area contributed by atoms with Gasteiger partial charge in [-0.15, -0.1) is 24.0 Å². The molecule has 2 aromatic heterocycles. The van der Waals surface area contributed by atoms with Gasteiger partial charge in [0, 0.05) is 51.3 Å². The Kier molecular flexibility index (Phi) is 10.5. The first kappa shape index (κ1) is 24.8. The molecule has 0 aliphatic heterocycles. The number of rotatable bonds is 9. The molecule has 3 aromatic rings. The highest BCUT2D eigenvalue weighted by molar-refractivity contribution is 14.0. The van der Waals surface area contributed by atoms with E-state index in [1.807, 2.05) is 29.1 Å². The highest BCUT2D eigenvalue weighted by Gasteiger charge is 2.10. The highest BCUT2D eigenvalue weighted by Crippen LogP contribution is 2.08. The van der Waals surface area contributed by atoms with E-state index in [2.05, 4.69) is 74.8 Å². The molecule has 1 atom stereocenters. The molecule has 31 heavy (non-hydrogen) atoms. The van der Waals surface area contributed by atoms with Crippen molar-refractivity contribution >= 4 is 29.9 Å². The zero-order valence-electron chi connectivity index (χ0n) is 18.4. The Morgan fingerprint density at radius 1 is 1.13 bits per heavy atom. The fourth-order valence-corrected chi connectivity index (χ4v) is 3.16. The van der Waals surface area contributed by atoms with E-state index in [0.717, 1.165) is 36.9 Å². The molecule has 0 saturated carbocycles. The van der Waals surface area contributed by atoms with E-state index >= 15 is 0 Å². The fourth-order valence-electron chi connectivity index (χ4n) is 3.16. The van der Waals surface area contributed by atoms with Crippen molar-refractivity contribution in [3.05, 3.63) is 78.5 Å². The van der Waals surface area contributed by atoms with E-state index in [0.29, 0.717) is 12.6 Å². The van der Waals surface area contributed by atoms with E-state index in [1.54, 1.807) is 19.6 Å². The number of aromatic nitrogens is 3. The fraction of sp³-hybridized carbons (Fsp3) is 0.348. The monoisotopic (exact) mass is 533 g/mol. The molecule has 7 nitrogen and oxygen atoms in total. The largest absolute Gasteiger partial charge is 0.356 e. The Bertz CT molecular complexity index is 913. The lowest BCUT2D eigenvalue weighted by Gasteiger charge is -2.25. The van der Waals surface area contributed by atoms with Crippen LogP contribution < -0.4 is 10.6 Å². The van der Waals surface area contributed by atoms with Gasteiger partial charge in [0.2, 0.25) is 0 Å². The van der Waals surface area contributed by atoms with Crippen LogP contribution in [0, 0.1) is 0 Å². The topological polar surface area (TPSA) is 70.4 Å². The zero-order chi connectivity index (χ0) is 21.2. The first-order valence-corrected chi connectivity index (χ1v) is 10.3. The number of guanidine groups is 1. The number of aliphatic imine (C=N–C) groups is 1. The molecule has 0 aliphatic carbocycles. The van der Waals surface area contributed by atoms with Gasteiger partial charge in [-0.05, 0) is 43.7 Å². The predicted molar refractivity (Wildman–Crippen MR) is 137 cm³/mol. The van der Waals surface area contributed by atoms with Crippen molar-refractivity contribution in [2.24, 2.45) is 4.99 Å². The van der Waals surface area contributed by atoms with Gasteiger partial charge in [0.1, 0.15) is 12.1 Å². The SMILES string of the molecule is CN=C(NCCC(C)N(C)Cc1ccccc1)NCc1ccnc(-n2ccnc2)c1.I. The minimum Gasteiger partial charge on any atom is -0.356 e. The van der Waals surface area contributed by atoms with Gasteiger partial charge in [-0.3, -0.25) is 14.5 Å². The number of hydrogen-bond donors (Lipinski definition) is 2.